The molecule has 3 aromatic rings. The normalized spacial score (nSPS) is 10.4. The second-order valence-electron chi connectivity index (χ2n) is 6.60. The van der Waals surface area contributed by atoms with Gasteiger partial charge in [-0.05, 0) is 49.7 Å². The molecule has 2 aromatic carbocycles. The quantitative estimate of drug-likeness (QED) is 0.727. The minimum atomic E-state index is -0.386. The van der Waals surface area contributed by atoms with Crippen LogP contribution in [0, 0.1) is 31.0 Å². The van der Waals surface area contributed by atoms with Gasteiger partial charge in [0.25, 0.3) is 0 Å². The summed E-state index contributed by atoms with van der Waals surface area (Å²) in [5, 5.41) is 12.5. The molecule has 1 aromatic heterocycles. The molecule has 0 spiro atoms. The summed E-state index contributed by atoms with van der Waals surface area (Å²) < 4.78 is 15.5. The number of nitrogens with zero attached hydrogens (tertiary/aromatic N) is 3. The molecule has 1 amide bonds. The summed E-state index contributed by atoms with van der Waals surface area (Å²) in [6, 6.07) is 17.8. The van der Waals surface area contributed by atoms with Gasteiger partial charge in [0.15, 0.2) is 0 Å². The van der Waals surface area contributed by atoms with Gasteiger partial charge >= 0.3 is 0 Å². The van der Waals surface area contributed by atoms with Crippen molar-refractivity contribution in [1.82, 2.24) is 4.57 Å². The predicted molar refractivity (Wildman–Crippen MR) is 108 cm³/mol. The van der Waals surface area contributed by atoms with E-state index in [4.69, 9.17) is 0 Å². The molecular formula is C22H21FN4O. The molecule has 0 fully saturated rings. The highest BCUT2D eigenvalue weighted by atomic mass is 19.1. The van der Waals surface area contributed by atoms with Gasteiger partial charge in [-0.3, -0.25) is 9.36 Å². The van der Waals surface area contributed by atoms with Gasteiger partial charge in [-0.15, -0.1) is 0 Å². The maximum atomic E-state index is 13.8. The minimum absolute atomic E-state index is 0.112. The van der Waals surface area contributed by atoms with Gasteiger partial charge < -0.3 is 10.2 Å². The zero-order chi connectivity index (χ0) is 20.3. The van der Waals surface area contributed by atoms with Crippen molar-refractivity contribution in [3.05, 3.63) is 77.2 Å². The minimum Gasteiger partial charge on any atom is -0.365 e. The lowest BCUT2D eigenvalue weighted by atomic mass is 10.2. The molecule has 0 aliphatic carbocycles. The third-order valence-electron chi connectivity index (χ3n) is 4.73. The zero-order valence-corrected chi connectivity index (χ0v) is 16.0. The Hall–Kier alpha value is -3.59. The topological polar surface area (TPSA) is 61.1 Å². The Morgan fingerprint density at radius 3 is 2.54 bits per heavy atom. The lowest BCUT2D eigenvalue weighted by molar-refractivity contribution is -0.115. The Kier molecular flexibility index (Phi) is 5.46. The van der Waals surface area contributed by atoms with Crippen LogP contribution in [0.2, 0.25) is 0 Å². The van der Waals surface area contributed by atoms with Crippen molar-refractivity contribution in [3.63, 3.8) is 0 Å². The van der Waals surface area contributed by atoms with Crippen LogP contribution in [0.3, 0.4) is 0 Å². The number of likely N-dealkylation sites (N-methyl/N-ethyl adjacent to an activating group) is 1. The number of para-hydroxylation sites is 1. The molecule has 0 atom stereocenters. The lowest BCUT2D eigenvalue weighted by Gasteiger charge is -2.19. The van der Waals surface area contributed by atoms with E-state index in [-0.39, 0.29) is 18.3 Å². The Balaban J connectivity index is 1.94. The number of nitrogens with one attached hydrogen (secondary N) is 1. The average Bonchev–Trinajstić information content (AvgIpc) is 2.91. The summed E-state index contributed by atoms with van der Waals surface area (Å²) in [5.74, 6) is -0.296. The number of hydrogen-bond donors (Lipinski definition) is 1. The Labute approximate surface area is 163 Å². The summed E-state index contributed by atoms with van der Waals surface area (Å²) >= 11 is 0. The van der Waals surface area contributed by atoms with Gasteiger partial charge in [0, 0.05) is 18.4 Å². The van der Waals surface area contributed by atoms with E-state index in [9.17, 15) is 14.4 Å². The van der Waals surface area contributed by atoms with Crippen molar-refractivity contribution >= 4 is 17.4 Å². The summed E-state index contributed by atoms with van der Waals surface area (Å²) in [7, 11) is 1.82. The molecule has 0 bridgehead atoms. The number of rotatable bonds is 5. The fourth-order valence-electron chi connectivity index (χ4n) is 3.16. The number of nitriles is 1. The predicted octanol–water partition coefficient (Wildman–Crippen LogP) is 4.18. The molecule has 3 rings (SSSR count). The van der Waals surface area contributed by atoms with Gasteiger partial charge in [-0.1, -0.05) is 24.3 Å². The number of carbonyl (C=O) groups excluding carboxylic acids is 1. The summed E-state index contributed by atoms with van der Waals surface area (Å²) in [4.78, 5) is 14.5. The molecule has 1 heterocycles. The van der Waals surface area contributed by atoms with Crippen molar-refractivity contribution in [3.8, 4) is 11.8 Å². The van der Waals surface area contributed by atoms with Crippen LogP contribution in [0.5, 0.6) is 0 Å². The third-order valence-corrected chi connectivity index (χ3v) is 4.73. The first-order valence-electron chi connectivity index (χ1n) is 8.86. The first kappa shape index (κ1) is 19.2. The van der Waals surface area contributed by atoms with Gasteiger partial charge in [-0.25, -0.2) is 4.39 Å². The van der Waals surface area contributed by atoms with E-state index in [1.165, 1.54) is 12.1 Å². The van der Waals surface area contributed by atoms with E-state index in [1.807, 2.05) is 56.1 Å². The maximum Gasteiger partial charge on any atom is 0.245 e. The number of amides is 1. The van der Waals surface area contributed by atoms with Crippen molar-refractivity contribution in [2.75, 3.05) is 23.8 Å². The number of anilines is 2. The van der Waals surface area contributed by atoms with E-state index in [0.29, 0.717) is 17.1 Å². The van der Waals surface area contributed by atoms with Gasteiger partial charge in [0.1, 0.15) is 17.7 Å². The van der Waals surface area contributed by atoms with Crippen molar-refractivity contribution in [2.24, 2.45) is 0 Å². The van der Waals surface area contributed by atoms with Crippen molar-refractivity contribution in [1.29, 1.82) is 5.26 Å². The molecule has 5 nitrogen and oxygen atoms in total. The van der Waals surface area contributed by atoms with E-state index in [1.54, 1.807) is 16.7 Å². The van der Waals surface area contributed by atoms with Crippen LogP contribution in [-0.2, 0) is 4.79 Å². The highest BCUT2D eigenvalue weighted by Gasteiger charge is 2.21. The van der Waals surface area contributed by atoms with Gasteiger partial charge in [0.05, 0.1) is 17.8 Å². The molecule has 0 aliphatic rings. The molecule has 0 radical (unpaired) electrons. The first-order chi connectivity index (χ1) is 13.4. The lowest BCUT2D eigenvalue weighted by Crippen LogP contribution is -2.30. The third kappa shape index (κ3) is 3.74. The van der Waals surface area contributed by atoms with E-state index < -0.39 is 0 Å². The fourth-order valence-corrected chi connectivity index (χ4v) is 3.16. The first-order valence-corrected chi connectivity index (χ1v) is 8.86. The van der Waals surface area contributed by atoms with Crippen molar-refractivity contribution in [2.45, 2.75) is 13.8 Å². The number of aromatic nitrogens is 1. The summed E-state index contributed by atoms with van der Waals surface area (Å²) in [5.41, 5.74) is 3.35. The molecular weight excluding hydrogens is 355 g/mol. The smallest absolute Gasteiger partial charge is 0.245 e. The van der Waals surface area contributed by atoms with Crippen LogP contribution in [-0.4, -0.2) is 24.1 Å². The Bertz CT molecular complexity index is 1050. The number of hydrogen-bond acceptors (Lipinski definition) is 3. The molecule has 0 aliphatic heterocycles. The molecule has 0 saturated heterocycles. The molecule has 28 heavy (non-hydrogen) atoms. The van der Waals surface area contributed by atoms with E-state index in [0.717, 1.165) is 16.9 Å². The molecule has 0 saturated carbocycles. The SMILES string of the molecule is Cc1c(C#N)c(NC(=O)CN(C)c2ccccc2)n(-c2cccc(F)c2)c1C. The molecule has 0 unspecified atom stereocenters. The molecule has 1 N–H and O–H groups in total. The van der Waals surface area contributed by atoms with Gasteiger partial charge in [-0.2, -0.15) is 5.26 Å². The van der Waals surface area contributed by atoms with Crippen LogP contribution in [0.15, 0.2) is 54.6 Å². The fraction of sp³-hybridized carbons (Fsp3) is 0.182. The highest BCUT2D eigenvalue weighted by Crippen LogP contribution is 2.30. The Morgan fingerprint density at radius 2 is 1.89 bits per heavy atom. The van der Waals surface area contributed by atoms with Gasteiger partial charge in [0.2, 0.25) is 5.91 Å². The molecule has 6 heteroatoms. The monoisotopic (exact) mass is 376 g/mol. The van der Waals surface area contributed by atoms with Crippen molar-refractivity contribution < 1.29 is 9.18 Å². The van der Waals surface area contributed by atoms with Crippen LogP contribution in [0.4, 0.5) is 15.9 Å². The largest absolute Gasteiger partial charge is 0.365 e. The standard InChI is InChI=1S/C22H21FN4O/c1-15-16(2)27(19-11-7-8-17(23)12-19)22(20(15)13-24)25-21(28)14-26(3)18-9-5-4-6-10-18/h4-12H,14H2,1-3H3,(H,25,28). The summed E-state index contributed by atoms with van der Waals surface area (Å²) in [6.45, 7) is 3.77. The van der Waals surface area contributed by atoms with Crippen LogP contribution >= 0.6 is 0 Å². The zero-order valence-electron chi connectivity index (χ0n) is 16.0. The highest BCUT2D eigenvalue weighted by molar-refractivity contribution is 5.95. The van der Waals surface area contributed by atoms with Crippen LogP contribution in [0.1, 0.15) is 16.8 Å². The second-order valence-corrected chi connectivity index (χ2v) is 6.60. The number of halogens is 1. The maximum absolute atomic E-state index is 13.8. The Morgan fingerprint density at radius 1 is 1.18 bits per heavy atom. The number of benzene rings is 2. The summed E-state index contributed by atoms with van der Waals surface area (Å²) in [6.07, 6.45) is 0. The second kappa shape index (κ2) is 7.97. The molecule has 142 valence electrons. The number of carbonyl (C=O) groups is 1. The van der Waals surface area contributed by atoms with Crippen LogP contribution < -0.4 is 10.2 Å². The van der Waals surface area contributed by atoms with E-state index in [2.05, 4.69) is 11.4 Å². The van der Waals surface area contributed by atoms with Crippen LogP contribution in [0.25, 0.3) is 5.69 Å². The average molecular weight is 376 g/mol. The van der Waals surface area contributed by atoms with E-state index >= 15 is 0 Å².